The molecule has 0 saturated heterocycles. The zero-order chi connectivity index (χ0) is 12.7. The number of fused-ring (bicyclic) bond motifs is 1. The lowest BCUT2D eigenvalue weighted by Crippen LogP contribution is -2.12. The van der Waals surface area contributed by atoms with Gasteiger partial charge in [0.25, 0.3) is 5.56 Å². The van der Waals surface area contributed by atoms with Crippen LogP contribution in [0.2, 0.25) is 0 Å². The first kappa shape index (κ1) is 11.4. The molecule has 0 atom stereocenters. The summed E-state index contributed by atoms with van der Waals surface area (Å²) in [6, 6.07) is 0. The molecule has 0 bridgehead atoms. The van der Waals surface area contributed by atoms with Crippen molar-refractivity contribution in [2.45, 2.75) is 51.4 Å². The number of aromatic amines is 1. The maximum absolute atomic E-state index is 11.9. The lowest BCUT2D eigenvalue weighted by atomic mass is 10.0. The van der Waals surface area contributed by atoms with Crippen LogP contribution in [0.1, 0.15) is 62.9 Å². The molecule has 0 spiro atoms. The van der Waals surface area contributed by atoms with Crippen LogP contribution in [0.4, 0.5) is 0 Å². The smallest absolute Gasteiger partial charge is 0.297 e. The van der Waals surface area contributed by atoms with Gasteiger partial charge in [-0.15, -0.1) is 0 Å². The molecule has 3 rings (SSSR count). The first-order valence-corrected chi connectivity index (χ1v) is 6.56. The van der Waals surface area contributed by atoms with Gasteiger partial charge in [0.2, 0.25) is 5.58 Å². The molecule has 0 aliphatic heterocycles. The van der Waals surface area contributed by atoms with Crippen molar-refractivity contribution in [3.63, 3.8) is 0 Å². The van der Waals surface area contributed by atoms with E-state index in [-0.39, 0.29) is 17.1 Å². The summed E-state index contributed by atoms with van der Waals surface area (Å²) < 4.78 is 5.17. The second-order valence-corrected chi connectivity index (χ2v) is 5.33. The predicted molar refractivity (Wildman–Crippen MR) is 67.7 cm³/mol. The average Bonchev–Trinajstić information content (AvgIpc) is 2.96. The Morgan fingerprint density at radius 2 is 2.06 bits per heavy atom. The Bertz CT molecular complexity index is 621. The lowest BCUT2D eigenvalue weighted by molar-refractivity contribution is 0.434. The summed E-state index contributed by atoms with van der Waals surface area (Å²) in [5.74, 6) is 1.30. The fourth-order valence-corrected chi connectivity index (χ4v) is 2.62. The minimum Gasteiger partial charge on any atom is -0.348 e. The van der Waals surface area contributed by atoms with Crippen molar-refractivity contribution in [2.24, 2.45) is 0 Å². The van der Waals surface area contributed by atoms with Gasteiger partial charge in [-0.3, -0.25) is 4.79 Å². The van der Waals surface area contributed by atoms with E-state index in [1.54, 1.807) is 0 Å². The highest BCUT2D eigenvalue weighted by atomic mass is 16.5. The molecule has 1 saturated carbocycles. The maximum atomic E-state index is 11.9. The number of rotatable bonds is 2. The molecule has 1 N–H and O–H groups in total. The molecule has 18 heavy (non-hydrogen) atoms. The average molecular weight is 247 g/mol. The molecular weight excluding hydrogens is 230 g/mol. The topological polar surface area (TPSA) is 71.8 Å². The highest BCUT2D eigenvalue weighted by molar-refractivity contribution is 5.74. The van der Waals surface area contributed by atoms with E-state index < -0.39 is 0 Å². The Kier molecular flexibility index (Phi) is 2.69. The Labute approximate surface area is 105 Å². The summed E-state index contributed by atoms with van der Waals surface area (Å²) in [6.07, 6.45) is 4.68. The van der Waals surface area contributed by atoms with Crippen LogP contribution in [0.25, 0.3) is 11.1 Å². The van der Waals surface area contributed by atoms with Gasteiger partial charge < -0.3 is 9.51 Å². The molecule has 0 aromatic carbocycles. The van der Waals surface area contributed by atoms with E-state index >= 15 is 0 Å². The van der Waals surface area contributed by atoms with Crippen molar-refractivity contribution in [2.75, 3.05) is 0 Å². The van der Waals surface area contributed by atoms with Crippen molar-refractivity contribution in [1.82, 2.24) is 15.1 Å². The highest BCUT2D eigenvalue weighted by Crippen LogP contribution is 2.35. The first-order valence-electron chi connectivity index (χ1n) is 6.56. The number of aromatic nitrogens is 3. The Balaban J connectivity index is 2.18. The van der Waals surface area contributed by atoms with Crippen LogP contribution in [-0.2, 0) is 0 Å². The predicted octanol–water partition coefficient (Wildman–Crippen LogP) is 2.69. The SMILES string of the molecule is CC(C)c1nc2c(C3CCCC3)noc2c(=O)[nH]1. The molecule has 0 radical (unpaired) electrons. The van der Waals surface area contributed by atoms with Crippen LogP contribution >= 0.6 is 0 Å². The Morgan fingerprint density at radius 3 is 2.72 bits per heavy atom. The van der Waals surface area contributed by atoms with Gasteiger partial charge in [-0.2, -0.15) is 0 Å². The normalized spacial score (nSPS) is 17.1. The zero-order valence-electron chi connectivity index (χ0n) is 10.7. The second-order valence-electron chi connectivity index (χ2n) is 5.33. The Hall–Kier alpha value is -1.65. The van der Waals surface area contributed by atoms with Crippen molar-refractivity contribution >= 4 is 11.1 Å². The van der Waals surface area contributed by atoms with Gasteiger partial charge in [0, 0.05) is 11.8 Å². The standard InChI is InChI=1S/C13H17N3O2/c1-7(2)12-14-10-9(8-5-3-4-6-8)16-18-11(10)13(17)15-12/h7-8H,3-6H2,1-2H3,(H,14,15,17). The Morgan fingerprint density at radius 1 is 1.33 bits per heavy atom. The fourth-order valence-electron chi connectivity index (χ4n) is 2.62. The zero-order valence-corrected chi connectivity index (χ0v) is 10.7. The van der Waals surface area contributed by atoms with Crippen LogP contribution in [0, 0.1) is 0 Å². The van der Waals surface area contributed by atoms with Crippen molar-refractivity contribution in [1.29, 1.82) is 0 Å². The van der Waals surface area contributed by atoms with E-state index in [9.17, 15) is 4.79 Å². The molecule has 5 heteroatoms. The molecule has 5 nitrogen and oxygen atoms in total. The van der Waals surface area contributed by atoms with Crippen LogP contribution in [0.15, 0.2) is 9.32 Å². The monoisotopic (exact) mass is 247 g/mol. The fraction of sp³-hybridized carbons (Fsp3) is 0.615. The highest BCUT2D eigenvalue weighted by Gasteiger charge is 2.25. The third-order valence-corrected chi connectivity index (χ3v) is 3.66. The summed E-state index contributed by atoms with van der Waals surface area (Å²) in [7, 11) is 0. The van der Waals surface area contributed by atoms with Gasteiger partial charge >= 0.3 is 0 Å². The maximum Gasteiger partial charge on any atom is 0.297 e. The van der Waals surface area contributed by atoms with Gasteiger partial charge in [0.15, 0.2) is 0 Å². The van der Waals surface area contributed by atoms with Crippen LogP contribution in [0.5, 0.6) is 0 Å². The number of nitrogens with zero attached hydrogens (tertiary/aromatic N) is 2. The lowest BCUT2D eigenvalue weighted by Gasteiger charge is -2.06. The van der Waals surface area contributed by atoms with Gasteiger partial charge in [-0.1, -0.05) is 31.8 Å². The van der Waals surface area contributed by atoms with Gasteiger partial charge in [0.1, 0.15) is 17.0 Å². The van der Waals surface area contributed by atoms with E-state index in [1.165, 1.54) is 12.8 Å². The van der Waals surface area contributed by atoms with Crippen LogP contribution < -0.4 is 5.56 Å². The number of H-pyrrole nitrogens is 1. The largest absolute Gasteiger partial charge is 0.348 e. The van der Waals surface area contributed by atoms with Gasteiger partial charge in [-0.25, -0.2) is 4.98 Å². The van der Waals surface area contributed by atoms with Gasteiger partial charge in [0.05, 0.1) is 0 Å². The van der Waals surface area contributed by atoms with E-state index in [1.807, 2.05) is 13.8 Å². The number of hydrogen-bond acceptors (Lipinski definition) is 4. The summed E-state index contributed by atoms with van der Waals surface area (Å²) in [6.45, 7) is 4.01. The van der Waals surface area contributed by atoms with Crippen molar-refractivity contribution in [3.8, 4) is 0 Å². The molecule has 0 amide bonds. The molecule has 1 fully saturated rings. The summed E-state index contributed by atoms with van der Waals surface area (Å²) >= 11 is 0. The molecule has 2 heterocycles. The van der Waals surface area contributed by atoms with Gasteiger partial charge in [-0.05, 0) is 12.8 Å². The number of nitrogens with one attached hydrogen (secondary N) is 1. The van der Waals surface area contributed by atoms with Crippen LogP contribution in [0.3, 0.4) is 0 Å². The molecular formula is C13H17N3O2. The van der Waals surface area contributed by atoms with E-state index in [0.717, 1.165) is 18.5 Å². The third-order valence-electron chi connectivity index (χ3n) is 3.66. The van der Waals surface area contributed by atoms with E-state index in [4.69, 9.17) is 4.52 Å². The molecule has 96 valence electrons. The van der Waals surface area contributed by atoms with Crippen molar-refractivity contribution in [3.05, 3.63) is 21.9 Å². The minimum absolute atomic E-state index is 0.188. The number of hydrogen-bond donors (Lipinski definition) is 1. The summed E-state index contributed by atoms with van der Waals surface area (Å²) in [5.41, 5.74) is 1.58. The molecule has 0 unspecified atom stereocenters. The summed E-state index contributed by atoms with van der Waals surface area (Å²) in [4.78, 5) is 19.2. The van der Waals surface area contributed by atoms with Crippen LogP contribution in [-0.4, -0.2) is 15.1 Å². The minimum atomic E-state index is -0.222. The van der Waals surface area contributed by atoms with Crippen molar-refractivity contribution < 1.29 is 4.52 Å². The molecule has 1 aliphatic rings. The molecule has 2 aromatic heterocycles. The van der Waals surface area contributed by atoms with E-state index in [2.05, 4.69) is 15.1 Å². The molecule has 2 aromatic rings. The summed E-state index contributed by atoms with van der Waals surface area (Å²) in [5, 5.41) is 4.08. The first-order chi connectivity index (χ1) is 8.66. The quantitative estimate of drug-likeness (QED) is 0.885. The van der Waals surface area contributed by atoms with E-state index in [0.29, 0.717) is 17.3 Å². The third kappa shape index (κ3) is 1.74. The molecule has 1 aliphatic carbocycles. The second kappa shape index (κ2) is 4.23.